The van der Waals surface area contributed by atoms with E-state index < -0.39 is 0 Å². The largest absolute Gasteiger partial charge is 0.296 e. The van der Waals surface area contributed by atoms with E-state index in [2.05, 4.69) is 34.5 Å². The Morgan fingerprint density at radius 3 is 2.67 bits per heavy atom. The minimum absolute atomic E-state index is 0.712. The summed E-state index contributed by atoms with van der Waals surface area (Å²) in [5, 5.41) is 3.93. The molecule has 1 saturated heterocycles. The molecule has 0 radical (unpaired) electrons. The van der Waals surface area contributed by atoms with Crippen LogP contribution in [-0.4, -0.2) is 18.0 Å². The van der Waals surface area contributed by atoms with Gasteiger partial charge in [-0.3, -0.25) is 4.90 Å². The first-order valence-corrected chi connectivity index (χ1v) is 8.01. The Bertz CT molecular complexity index is 549. The zero-order valence-electron chi connectivity index (χ0n) is 10.6. The molecule has 2 heteroatoms. The average molecular weight is 257 g/mol. The van der Waals surface area contributed by atoms with Crippen LogP contribution in [0.4, 0.5) is 0 Å². The molecular weight excluding hydrogens is 238 g/mol. The third kappa shape index (κ3) is 1.79. The second kappa shape index (κ2) is 4.36. The maximum Gasteiger partial charge on any atom is 0.0390 e. The van der Waals surface area contributed by atoms with Gasteiger partial charge < -0.3 is 0 Å². The smallest absolute Gasteiger partial charge is 0.0390 e. The second-order valence-electron chi connectivity index (χ2n) is 5.71. The summed E-state index contributed by atoms with van der Waals surface area (Å²) in [4.78, 5) is 2.74. The van der Waals surface area contributed by atoms with E-state index in [0.29, 0.717) is 6.04 Å². The Morgan fingerprint density at radius 2 is 1.89 bits per heavy atom. The van der Waals surface area contributed by atoms with E-state index >= 15 is 0 Å². The van der Waals surface area contributed by atoms with Gasteiger partial charge in [-0.25, -0.2) is 0 Å². The van der Waals surface area contributed by atoms with Gasteiger partial charge in [0, 0.05) is 10.7 Å². The Hall–Kier alpha value is -0.860. The summed E-state index contributed by atoms with van der Waals surface area (Å²) in [5.74, 6) is 0.932. The second-order valence-corrected chi connectivity index (χ2v) is 6.62. The SMILES string of the molecule is c1ccc2c(C(C3CC3)N3CCCC3)csc2c1. The summed E-state index contributed by atoms with van der Waals surface area (Å²) >= 11 is 1.92. The Morgan fingerprint density at radius 1 is 1.11 bits per heavy atom. The number of fused-ring (bicyclic) bond motifs is 1. The number of hydrogen-bond donors (Lipinski definition) is 0. The van der Waals surface area contributed by atoms with Crippen LogP contribution >= 0.6 is 11.3 Å². The summed E-state index contributed by atoms with van der Waals surface area (Å²) in [6, 6.07) is 9.63. The van der Waals surface area contributed by atoms with Gasteiger partial charge in [0.1, 0.15) is 0 Å². The van der Waals surface area contributed by atoms with Crippen molar-refractivity contribution in [3.05, 3.63) is 35.2 Å². The van der Waals surface area contributed by atoms with Crippen LogP contribution in [0, 0.1) is 5.92 Å². The predicted octanol–water partition coefficient (Wildman–Crippen LogP) is 4.45. The van der Waals surface area contributed by atoms with Crippen LogP contribution in [0.25, 0.3) is 10.1 Å². The van der Waals surface area contributed by atoms with Gasteiger partial charge >= 0.3 is 0 Å². The lowest BCUT2D eigenvalue weighted by Crippen LogP contribution is -2.26. The molecule has 2 aromatic rings. The summed E-state index contributed by atoms with van der Waals surface area (Å²) in [7, 11) is 0. The average Bonchev–Trinajstić information content (AvgIpc) is 2.92. The normalized spacial score (nSPS) is 22.7. The maximum absolute atomic E-state index is 2.74. The van der Waals surface area contributed by atoms with E-state index in [9.17, 15) is 0 Å². The van der Waals surface area contributed by atoms with Gasteiger partial charge in [-0.05, 0) is 67.1 Å². The predicted molar refractivity (Wildman–Crippen MR) is 78.1 cm³/mol. The summed E-state index contributed by atoms with van der Waals surface area (Å²) in [6.45, 7) is 2.62. The summed E-state index contributed by atoms with van der Waals surface area (Å²) in [6.07, 6.45) is 5.66. The quantitative estimate of drug-likeness (QED) is 0.785. The number of nitrogens with zero attached hydrogens (tertiary/aromatic N) is 1. The first-order chi connectivity index (χ1) is 8.93. The molecule has 1 saturated carbocycles. The lowest BCUT2D eigenvalue weighted by molar-refractivity contribution is 0.223. The summed E-state index contributed by atoms with van der Waals surface area (Å²) in [5.41, 5.74) is 1.61. The van der Waals surface area contributed by atoms with Crippen molar-refractivity contribution < 1.29 is 0 Å². The number of hydrogen-bond acceptors (Lipinski definition) is 2. The van der Waals surface area contributed by atoms with E-state index in [1.807, 2.05) is 11.3 Å². The topological polar surface area (TPSA) is 3.24 Å². The molecule has 1 aromatic heterocycles. The molecule has 2 fully saturated rings. The van der Waals surface area contributed by atoms with Crippen molar-refractivity contribution in [1.82, 2.24) is 4.90 Å². The molecule has 1 atom stereocenters. The van der Waals surface area contributed by atoms with Gasteiger partial charge in [-0.15, -0.1) is 11.3 Å². The van der Waals surface area contributed by atoms with Gasteiger partial charge in [0.25, 0.3) is 0 Å². The van der Waals surface area contributed by atoms with Crippen molar-refractivity contribution in [3.8, 4) is 0 Å². The van der Waals surface area contributed by atoms with Gasteiger partial charge in [0.05, 0.1) is 0 Å². The lowest BCUT2D eigenvalue weighted by atomic mass is 10.0. The first-order valence-electron chi connectivity index (χ1n) is 7.14. The van der Waals surface area contributed by atoms with Crippen molar-refractivity contribution in [1.29, 1.82) is 0 Å². The molecule has 1 aromatic carbocycles. The molecule has 0 bridgehead atoms. The number of thiophene rings is 1. The highest BCUT2D eigenvalue weighted by molar-refractivity contribution is 7.17. The van der Waals surface area contributed by atoms with E-state index in [0.717, 1.165) is 5.92 Å². The highest BCUT2D eigenvalue weighted by Gasteiger charge is 2.38. The summed E-state index contributed by atoms with van der Waals surface area (Å²) < 4.78 is 1.46. The van der Waals surface area contributed by atoms with Crippen LogP contribution < -0.4 is 0 Å². The Labute approximate surface area is 112 Å². The first kappa shape index (κ1) is 11.0. The van der Waals surface area contributed by atoms with Crippen LogP contribution in [0.15, 0.2) is 29.6 Å². The fourth-order valence-corrected chi connectivity index (χ4v) is 4.40. The third-order valence-corrected chi connectivity index (χ3v) is 5.41. The fraction of sp³-hybridized carbons (Fsp3) is 0.500. The standard InChI is InChI=1S/C16H19NS/c1-2-6-15-13(5-1)14(11-18-15)16(12-7-8-12)17-9-3-4-10-17/h1-2,5-6,11-12,16H,3-4,7-10H2. The molecule has 0 N–H and O–H groups in total. The molecule has 4 rings (SSSR count). The third-order valence-electron chi connectivity index (χ3n) is 4.43. The molecule has 2 aliphatic rings. The number of likely N-dealkylation sites (tertiary alicyclic amines) is 1. The van der Waals surface area contributed by atoms with E-state index in [1.54, 1.807) is 5.56 Å². The minimum atomic E-state index is 0.712. The number of rotatable bonds is 3. The fourth-order valence-electron chi connectivity index (χ4n) is 3.41. The highest BCUT2D eigenvalue weighted by atomic mass is 32.1. The molecule has 0 amide bonds. The Balaban J connectivity index is 1.78. The molecule has 0 spiro atoms. The zero-order chi connectivity index (χ0) is 11.9. The molecular formula is C16H19NS. The van der Waals surface area contributed by atoms with Crippen LogP contribution in [0.5, 0.6) is 0 Å². The molecule has 1 unspecified atom stereocenters. The van der Waals surface area contributed by atoms with Crippen LogP contribution in [0.1, 0.15) is 37.3 Å². The van der Waals surface area contributed by atoms with Crippen molar-refractivity contribution >= 4 is 21.4 Å². The maximum atomic E-state index is 2.74. The zero-order valence-corrected chi connectivity index (χ0v) is 11.5. The van der Waals surface area contributed by atoms with Gasteiger partial charge in [-0.1, -0.05) is 18.2 Å². The van der Waals surface area contributed by atoms with E-state index in [4.69, 9.17) is 0 Å². The molecule has 1 nitrogen and oxygen atoms in total. The van der Waals surface area contributed by atoms with E-state index in [-0.39, 0.29) is 0 Å². The van der Waals surface area contributed by atoms with E-state index in [1.165, 1.54) is 48.9 Å². The van der Waals surface area contributed by atoms with Gasteiger partial charge in [0.15, 0.2) is 0 Å². The van der Waals surface area contributed by atoms with Crippen LogP contribution in [0.2, 0.25) is 0 Å². The molecule has 94 valence electrons. The van der Waals surface area contributed by atoms with Gasteiger partial charge in [-0.2, -0.15) is 0 Å². The van der Waals surface area contributed by atoms with Crippen molar-refractivity contribution in [3.63, 3.8) is 0 Å². The molecule has 1 aliphatic heterocycles. The molecule has 1 aliphatic carbocycles. The highest BCUT2D eigenvalue weighted by Crippen LogP contribution is 2.48. The van der Waals surface area contributed by atoms with Crippen molar-refractivity contribution in [2.75, 3.05) is 13.1 Å². The van der Waals surface area contributed by atoms with Crippen molar-refractivity contribution in [2.24, 2.45) is 5.92 Å². The Kier molecular flexibility index (Phi) is 2.66. The number of benzene rings is 1. The lowest BCUT2D eigenvalue weighted by Gasteiger charge is -2.27. The molecule has 2 heterocycles. The van der Waals surface area contributed by atoms with Crippen LogP contribution in [0.3, 0.4) is 0 Å². The minimum Gasteiger partial charge on any atom is -0.296 e. The van der Waals surface area contributed by atoms with Crippen molar-refractivity contribution in [2.45, 2.75) is 31.7 Å². The monoisotopic (exact) mass is 257 g/mol. The molecule has 18 heavy (non-hydrogen) atoms. The van der Waals surface area contributed by atoms with Gasteiger partial charge in [0.2, 0.25) is 0 Å². The van der Waals surface area contributed by atoms with Crippen LogP contribution in [-0.2, 0) is 0 Å².